The van der Waals surface area contributed by atoms with E-state index in [1.165, 1.54) is 0 Å². The Hall–Kier alpha value is -1.11. The molecule has 0 saturated heterocycles. The molecule has 0 aliphatic carbocycles. The summed E-state index contributed by atoms with van der Waals surface area (Å²) >= 11 is 25.6. The van der Waals surface area contributed by atoms with Crippen LogP contribution >= 0.6 is 58.2 Å². The van der Waals surface area contributed by atoms with E-state index in [9.17, 15) is 0 Å². The molecule has 1 heterocycles. The van der Waals surface area contributed by atoms with Crippen molar-refractivity contribution in [3.8, 4) is 5.75 Å². The molecule has 3 aromatic rings. The van der Waals surface area contributed by atoms with Crippen LogP contribution in [-0.4, -0.2) is 21.4 Å². The molecule has 4 nitrogen and oxygen atoms in total. The molecule has 0 bridgehead atoms. The van der Waals surface area contributed by atoms with E-state index in [0.29, 0.717) is 32.4 Å². The van der Waals surface area contributed by atoms with Crippen molar-refractivity contribution < 1.29 is 4.74 Å². The number of aryl methyl sites for hydroxylation is 1. The number of hydrogen-bond acceptors (Lipinski definition) is 4. The molecule has 9 heteroatoms. The molecule has 2 aromatic carbocycles. The zero-order valence-electron chi connectivity index (χ0n) is 15.0. The van der Waals surface area contributed by atoms with Gasteiger partial charge in [-0.05, 0) is 42.3 Å². The second kappa shape index (κ2) is 10.1. The molecule has 0 saturated carbocycles. The topological polar surface area (TPSA) is 39.9 Å². The lowest BCUT2D eigenvalue weighted by Gasteiger charge is -2.08. The van der Waals surface area contributed by atoms with E-state index in [2.05, 4.69) is 10.2 Å². The lowest BCUT2D eigenvalue weighted by atomic mass is 10.2. The number of benzene rings is 2. The number of aromatic nitrogens is 3. The molecule has 0 aliphatic rings. The molecular weight excluding hydrogens is 460 g/mol. The summed E-state index contributed by atoms with van der Waals surface area (Å²) < 4.78 is 7.71. The van der Waals surface area contributed by atoms with Gasteiger partial charge in [-0.2, -0.15) is 0 Å². The summed E-state index contributed by atoms with van der Waals surface area (Å²) in [5.74, 6) is 2.27. The van der Waals surface area contributed by atoms with Crippen molar-refractivity contribution in [1.29, 1.82) is 0 Å². The van der Waals surface area contributed by atoms with Crippen LogP contribution in [0.25, 0.3) is 0 Å². The minimum absolute atomic E-state index is 0.507. The molecule has 0 radical (unpaired) electrons. The van der Waals surface area contributed by atoms with Crippen molar-refractivity contribution in [1.82, 2.24) is 14.8 Å². The van der Waals surface area contributed by atoms with Gasteiger partial charge < -0.3 is 9.30 Å². The smallest absolute Gasteiger partial charge is 0.191 e. The molecule has 0 unspecified atom stereocenters. The standard InChI is InChI=1S/C19H17Cl4N3OS/c1-26-18(3-2-8-27-17-7-5-13(20)10-16(17)23)24-25-19(26)28-11-12-4-6-14(21)15(22)9-12/h4-7,9-10H,2-3,8,11H2,1H3. The average molecular weight is 477 g/mol. The first kappa shape index (κ1) is 21.6. The maximum atomic E-state index is 6.10. The maximum absolute atomic E-state index is 6.10. The first-order chi connectivity index (χ1) is 13.4. The molecule has 0 N–H and O–H groups in total. The number of rotatable bonds is 8. The lowest BCUT2D eigenvalue weighted by Crippen LogP contribution is -2.04. The molecule has 28 heavy (non-hydrogen) atoms. The summed E-state index contributed by atoms with van der Waals surface area (Å²) in [7, 11) is 1.96. The highest BCUT2D eigenvalue weighted by Gasteiger charge is 2.10. The van der Waals surface area contributed by atoms with Crippen LogP contribution in [-0.2, 0) is 19.2 Å². The fourth-order valence-corrected chi connectivity index (χ4v) is 4.13. The number of halogens is 4. The summed E-state index contributed by atoms with van der Waals surface area (Å²) in [6.07, 6.45) is 1.55. The van der Waals surface area contributed by atoms with E-state index < -0.39 is 0 Å². The van der Waals surface area contributed by atoms with Gasteiger partial charge in [-0.25, -0.2) is 0 Å². The second-order valence-electron chi connectivity index (χ2n) is 6.02. The highest BCUT2D eigenvalue weighted by Crippen LogP contribution is 2.28. The fourth-order valence-electron chi connectivity index (χ4n) is 2.47. The van der Waals surface area contributed by atoms with E-state index in [1.807, 2.05) is 23.7 Å². The van der Waals surface area contributed by atoms with Gasteiger partial charge in [0, 0.05) is 24.2 Å². The quantitative estimate of drug-likeness (QED) is 0.267. The Kier molecular flexibility index (Phi) is 7.77. The van der Waals surface area contributed by atoms with Gasteiger partial charge in [0.25, 0.3) is 0 Å². The van der Waals surface area contributed by atoms with Gasteiger partial charge in [0.1, 0.15) is 11.6 Å². The Balaban J connectivity index is 1.49. The molecular formula is C19H17Cl4N3OS. The summed E-state index contributed by atoms with van der Waals surface area (Å²) in [6.45, 7) is 0.528. The molecule has 0 atom stereocenters. The van der Waals surface area contributed by atoms with Crippen LogP contribution in [0.4, 0.5) is 0 Å². The summed E-state index contributed by atoms with van der Waals surface area (Å²) in [4.78, 5) is 0. The highest BCUT2D eigenvalue weighted by atomic mass is 35.5. The van der Waals surface area contributed by atoms with Crippen molar-refractivity contribution >= 4 is 58.2 Å². The predicted octanol–water partition coefficient (Wildman–Crippen LogP) is 6.73. The normalized spacial score (nSPS) is 11.0. The van der Waals surface area contributed by atoms with Crippen LogP contribution in [0.2, 0.25) is 20.1 Å². The third-order valence-electron chi connectivity index (χ3n) is 3.97. The van der Waals surface area contributed by atoms with Crippen LogP contribution < -0.4 is 4.74 Å². The van der Waals surface area contributed by atoms with Crippen LogP contribution in [0.15, 0.2) is 41.6 Å². The van der Waals surface area contributed by atoms with Crippen molar-refractivity contribution in [2.24, 2.45) is 7.05 Å². The van der Waals surface area contributed by atoms with Crippen LogP contribution in [0.5, 0.6) is 5.75 Å². The Morgan fingerprint density at radius 3 is 2.54 bits per heavy atom. The zero-order valence-corrected chi connectivity index (χ0v) is 18.8. The third kappa shape index (κ3) is 5.71. The van der Waals surface area contributed by atoms with Gasteiger partial charge in [-0.1, -0.05) is 64.2 Å². The molecule has 1 aromatic heterocycles. The summed E-state index contributed by atoms with van der Waals surface area (Å²) in [6, 6.07) is 10.8. The van der Waals surface area contributed by atoms with Gasteiger partial charge in [0.15, 0.2) is 5.16 Å². The molecule has 3 rings (SSSR count). The number of hydrogen-bond donors (Lipinski definition) is 0. The predicted molar refractivity (Wildman–Crippen MR) is 117 cm³/mol. The van der Waals surface area contributed by atoms with E-state index in [4.69, 9.17) is 51.1 Å². The Morgan fingerprint density at radius 1 is 0.964 bits per heavy atom. The average Bonchev–Trinajstić information content (AvgIpc) is 3.01. The molecule has 0 aliphatic heterocycles. The van der Waals surface area contributed by atoms with E-state index in [-0.39, 0.29) is 0 Å². The highest BCUT2D eigenvalue weighted by molar-refractivity contribution is 7.98. The van der Waals surface area contributed by atoms with Crippen molar-refractivity contribution in [3.05, 3.63) is 67.9 Å². The molecule has 148 valence electrons. The van der Waals surface area contributed by atoms with Gasteiger partial charge in [0.05, 0.1) is 21.7 Å². The second-order valence-corrected chi connectivity index (χ2v) is 8.62. The maximum Gasteiger partial charge on any atom is 0.191 e. The first-order valence-electron chi connectivity index (χ1n) is 8.47. The minimum Gasteiger partial charge on any atom is -0.492 e. The molecule has 0 spiro atoms. The number of nitrogens with zero attached hydrogens (tertiary/aromatic N) is 3. The van der Waals surface area contributed by atoms with Crippen LogP contribution in [0.3, 0.4) is 0 Å². The first-order valence-corrected chi connectivity index (χ1v) is 11.0. The van der Waals surface area contributed by atoms with E-state index in [1.54, 1.807) is 36.0 Å². The van der Waals surface area contributed by atoms with Gasteiger partial charge in [-0.3, -0.25) is 0 Å². The van der Waals surface area contributed by atoms with Crippen LogP contribution in [0, 0.1) is 0 Å². The molecule has 0 fully saturated rings. The van der Waals surface area contributed by atoms with Gasteiger partial charge >= 0.3 is 0 Å². The van der Waals surface area contributed by atoms with Gasteiger partial charge in [0.2, 0.25) is 0 Å². The van der Waals surface area contributed by atoms with E-state index >= 15 is 0 Å². The Labute approximate surface area is 188 Å². The zero-order chi connectivity index (χ0) is 20.1. The van der Waals surface area contributed by atoms with Gasteiger partial charge in [-0.15, -0.1) is 10.2 Å². The fraction of sp³-hybridized carbons (Fsp3) is 0.263. The van der Waals surface area contributed by atoms with Crippen LogP contribution in [0.1, 0.15) is 17.8 Å². The largest absolute Gasteiger partial charge is 0.492 e. The lowest BCUT2D eigenvalue weighted by molar-refractivity contribution is 0.309. The van der Waals surface area contributed by atoms with Crippen molar-refractivity contribution in [2.75, 3.05) is 6.61 Å². The van der Waals surface area contributed by atoms with Crippen molar-refractivity contribution in [2.45, 2.75) is 23.8 Å². The van der Waals surface area contributed by atoms with Crippen molar-refractivity contribution in [3.63, 3.8) is 0 Å². The number of ether oxygens (including phenoxy) is 1. The summed E-state index contributed by atoms with van der Waals surface area (Å²) in [5.41, 5.74) is 1.08. The van der Waals surface area contributed by atoms with E-state index in [0.717, 1.165) is 35.1 Å². The number of thioether (sulfide) groups is 1. The molecule has 0 amide bonds. The minimum atomic E-state index is 0.507. The summed E-state index contributed by atoms with van der Waals surface area (Å²) in [5, 5.41) is 11.6. The SMILES string of the molecule is Cn1c(CCCOc2ccc(Cl)cc2Cl)nnc1SCc1ccc(Cl)c(Cl)c1. The monoisotopic (exact) mass is 475 g/mol. The third-order valence-corrected chi connectivity index (χ3v) is 6.33. The Morgan fingerprint density at radius 2 is 1.79 bits per heavy atom. The Bertz CT molecular complexity index is 964.